The largest absolute Gasteiger partial charge is 0.341 e. The molecule has 0 radical (unpaired) electrons. The van der Waals surface area contributed by atoms with Crippen LogP contribution in [0.3, 0.4) is 0 Å². The molecule has 7 heteroatoms. The number of anilines is 1. The van der Waals surface area contributed by atoms with E-state index in [2.05, 4.69) is 5.32 Å². The molecule has 1 heterocycles. The Bertz CT molecular complexity index is 910. The van der Waals surface area contributed by atoms with Gasteiger partial charge >= 0.3 is 6.03 Å². The van der Waals surface area contributed by atoms with E-state index in [1.54, 1.807) is 35.2 Å². The molecule has 2 aromatic carbocycles. The van der Waals surface area contributed by atoms with Gasteiger partial charge in [0, 0.05) is 25.7 Å². The molecular formula is C22H24FN3O3. The van der Waals surface area contributed by atoms with Crippen LogP contribution in [0, 0.1) is 5.82 Å². The number of hydrogen-bond donors (Lipinski definition) is 1. The number of carbonyl (C=O) groups is 3. The highest BCUT2D eigenvalue weighted by Gasteiger charge is 2.23. The topological polar surface area (TPSA) is 69.7 Å². The Labute approximate surface area is 169 Å². The van der Waals surface area contributed by atoms with Crippen molar-refractivity contribution in [2.45, 2.75) is 25.8 Å². The number of likely N-dealkylation sites (tertiary alicyclic amines) is 1. The van der Waals surface area contributed by atoms with Gasteiger partial charge in [0.2, 0.25) is 0 Å². The predicted octanol–water partition coefficient (Wildman–Crippen LogP) is 3.61. The molecule has 2 aromatic rings. The third kappa shape index (κ3) is 4.62. The van der Waals surface area contributed by atoms with E-state index in [4.69, 9.17) is 0 Å². The maximum Gasteiger partial charge on any atom is 0.321 e. The van der Waals surface area contributed by atoms with Gasteiger partial charge in [-0.25, -0.2) is 9.18 Å². The second-order valence-electron chi connectivity index (χ2n) is 6.99. The highest BCUT2D eigenvalue weighted by molar-refractivity contribution is 5.98. The zero-order valence-corrected chi connectivity index (χ0v) is 16.4. The average molecular weight is 397 g/mol. The molecule has 0 aliphatic carbocycles. The summed E-state index contributed by atoms with van der Waals surface area (Å²) in [7, 11) is 1.49. The van der Waals surface area contributed by atoms with Gasteiger partial charge in [-0.05, 0) is 49.1 Å². The van der Waals surface area contributed by atoms with Crippen molar-refractivity contribution in [2.24, 2.45) is 0 Å². The van der Waals surface area contributed by atoms with Crippen LogP contribution in [-0.4, -0.2) is 43.3 Å². The first-order valence-electron chi connectivity index (χ1n) is 9.66. The Kier molecular flexibility index (Phi) is 6.59. The molecule has 1 saturated heterocycles. The first kappa shape index (κ1) is 20.5. The number of urea groups is 1. The zero-order chi connectivity index (χ0) is 20.8. The highest BCUT2D eigenvalue weighted by atomic mass is 19.1. The second kappa shape index (κ2) is 9.32. The third-order valence-electron chi connectivity index (χ3n) is 5.06. The third-order valence-corrected chi connectivity index (χ3v) is 5.06. The number of amides is 3. The lowest BCUT2D eigenvalue weighted by Crippen LogP contribution is -2.38. The van der Waals surface area contributed by atoms with Gasteiger partial charge in [0.05, 0.1) is 17.8 Å². The van der Waals surface area contributed by atoms with Gasteiger partial charge in [0.25, 0.3) is 5.91 Å². The molecule has 0 atom stereocenters. The lowest BCUT2D eigenvalue weighted by atomic mass is 10.1. The van der Waals surface area contributed by atoms with Crippen molar-refractivity contribution in [3.8, 4) is 0 Å². The van der Waals surface area contributed by atoms with Crippen molar-refractivity contribution in [3.63, 3.8) is 0 Å². The molecule has 1 N–H and O–H groups in total. The Morgan fingerprint density at radius 2 is 1.86 bits per heavy atom. The number of para-hydroxylation sites is 1. The van der Waals surface area contributed by atoms with Crippen LogP contribution in [0.4, 0.5) is 14.9 Å². The molecule has 0 bridgehead atoms. The summed E-state index contributed by atoms with van der Waals surface area (Å²) in [5.74, 6) is -0.909. The van der Waals surface area contributed by atoms with E-state index in [-0.39, 0.29) is 18.0 Å². The van der Waals surface area contributed by atoms with E-state index < -0.39 is 11.8 Å². The molecule has 6 nitrogen and oxygen atoms in total. The number of piperidine rings is 1. The van der Waals surface area contributed by atoms with Crippen molar-refractivity contribution in [1.29, 1.82) is 0 Å². The number of halogens is 1. The average Bonchev–Trinajstić information content (AvgIpc) is 2.78. The maximum atomic E-state index is 14.4. The first-order chi connectivity index (χ1) is 14.0. The van der Waals surface area contributed by atoms with Crippen molar-refractivity contribution in [1.82, 2.24) is 10.2 Å². The SMILES string of the molecule is CNC(=O)N(Cc1ccc(F)c(C(=O)N2CCCCC2)c1)c1ccccc1C=O. The number of benzene rings is 2. The quantitative estimate of drug-likeness (QED) is 0.784. The van der Waals surface area contributed by atoms with E-state index in [1.165, 1.54) is 24.1 Å². The second-order valence-corrected chi connectivity index (χ2v) is 6.99. The Morgan fingerprint density at radius 3 is 2.55 bits per heavy atom. The molecule has 3 amide bonds. The van der Waals surface area contributed by atoms with Crippen LogP contribution in [0.5, 0.6) is 0 Å². The van der Waals surface area contributed by atoms with Crippen LogP contribution >= 0.6 is 0 Å². The van der Waals surface area contributed by atoms with E-state index in [1.807, 2.05) is 0 Å². The highest BCUT2D eigenvalue weighted by Crippen LogP contribution is 2.23. The van der Waals surface area contributed by atoms with Crippen LogP contribution in [0.2, 0.25) is 0 Å². The lowest BCUT2D eigenvalue weighted by Gasteiger charge is -2.27. The van der Waals surface area contributed by atoms with Gasteiger partial charge in [0.15, 0.2) is 6.29 Å². The fraction of sp³-hybridized carbons (Fsp3) is 0.318. The van der Waals surface area contributed by atoms with Crippen LogP contribution in [-0.2, 0) is 6.54 Å². The fourth-order valence-electron chi connectivity index (χ4n) is 3.52. The van der Waals surface area contributed by atoms with Crippen molar-refractivity contribution in [2.75, 3.05) is 25.0 Å². The maximum absolute atomic E-state index is 14.4. The standard InChI is InChI=1S/C22H24FN3O3/c1-24-22(29)26(20-8-4-3-7-17(20)15-27)14-16-9-10-19(23)18(13-16)21(28)25-11-5-2-6-12-25/h3-4,7-10,13,15H,2,5-6,11-12,14H2,1H3,(H,24,29). The monoisotopic (exact) mass is 397 g/mol. The van der Waals surface area contributed by atoms with Gasteiger partial charge < -0.3 is 10.2 Å². The van der Waals surface area contributed by atoms with E-state index in [9.17, 15) is 18.8 Å². The van der Waals surface area contributed by atoms with Gasteiger partial charge in [0.1, 0.15) is 5.82 Å². The molecule has 3 rings (SSSR count). The number of rotatable bonds is 5. The lowest BCUT2D eigenvalue weighted by molar-refractivity contribution is 0.0719. The molecule has 1 aliphatic rings. The molecule has 0 saturated carbocycles. The number of carbonyl (C=O) groups excluding carboxylic acids is 3. The van der Waals surface area contributed by atoms with E-state index >= 15 is 0 Å². The zero-order valence-electron chi connectivity index (χ0n) is 16.4. The van der Waals surface area contributed by atoms with E-state index in [0.29, 0.717) is 36.2 Å². The summed E-state index contributed by atoms with van der Waals surface area (Å²) in [6.07, 6.45) is 3.59. The number of hydrogen-bond acceptors (Lipinski definition) is 3. The Hall–Kier alpha value is -3.22. The number of aldehydes is 1. The van der Waals surface area contributed by atoms with Crippen LogP contribution in [0.25, 0.3) is 0 Å². The molecule has 0 unspecified atom stereocenters. The first-order valence-corrected chi connectivity index (χ1v) is 9.66. The molecule has 29 heavy (non-hydrogen) atoms. The van der Waals surface area contributed by atoms with E-state index in [0.717, 1.165) is 19.3 Å². The normalized spacial score (nSPS) is 13.7. The number of nitrogens with zero attached hydrogens (tertiary/aromatic N) is 2. The van der Waals surface area contributed by atoms with Crippen LogP contribution < -0.4 is 10.2 Å². The summed E-state index contributed by atoms with van der Waals surface area (Å²) >= 11 is 0. The molecule has 152 valence electrons. The van der Waals surface area contributed by atoms with Gasteiger partial charge in [-0.3, -0.25) is 14.5 Å². The Morgan fingerprint density at radius 1 is 1.14 bits per heavy atom. The van der Waals surface area contributed by atoms with Crippen molar-refractivity contribution < 1.29 is 18.8 Å². The number of nitrogens with one attached hydrogen (secondary N) is 1. The molecule has 1 aliphatic heterocycles. The summed E-state index contributed by atoms with van der Waals surface area (Å²) in [5, 5.41) is 2.56. The van der Waals surface area contributed by atoms with Crippen LogP contribution in [0.1, 0.15) is 45.5 Å². The summed E-state index contributed by atoms with van der Waals surface area (Å²) in [5.41, 5.74) is 1.40. The summed E-state index contributed by atoms with van der Waals surface area (Å²) in [6, 6.07) is 10.6. The van der Waals surface area contributed by atoms with Crippen LogP contribution in [0.15, 0.2) is 42.5 Å². The molecule has 0 aromatic heterocycles. The molecule has 1 fully saturated rings. The minimum absolute atomic E-state index is 0.00456. The minimum Gasteiger partial charge on any atom is -0.341 e. The minimum atomic E-state index is -0.580. The molecule has 0 spiro atoms. The fourth-order valence-corrected chi connectivity index (χ4v) is 3.52. The van der Waals surface area contributed by atoms with Gasteiger partial charge in [-0.2, -0.15) is 0 Å². The van der Waals surface area contributed by atoms with Gasteiger partial charge in [-0.15, -0.1) is 0 Å². The molecular weight excluding hydrogens is 373 g/mol. The summed E-state index contributed by atoms with van der Waals surface area (Å²) in [6.45, 7) is 1.34. The smallest absolute Gasteiger partial charge is 0.321 e. The summed E-state index contributed by atoms with van der Waals surface area (Å²) in [4.78, 5) is 39.7. The van der Waals surface area contributed by atoms with Crippen molar-refractivity contribution >= 4 is 23.9 Å². The Balaban J connectivity index is 1.91. The van der Waals surface area contributed by atoms with Crippen molar-refractivity contribution in [3.05, 3.63) is 65.0 Å². The summed E-state index contributed by atoms with van der Waals surface area (Å²) < 4.78 is 14.4. The van der Waals surface area contributed by atoms with Gasteiger partial charge in [-0.1, -0.05) is 18.2 Å². The predicted molar refractivity (Wildman–Crippen MR) is 109 cm³/mol.